The van der Waals surface area contributed by atoms with Crippen LogP contribution in [0.4, 0.5) is 0 Å². The van der Waals surface area contributed by atoms with E-state index in [4.69, 9.17) is 5.11 Å². The predicted molar refractivity (Wildman–Crippen MR) is 48.1 cm³/mol. The smallest absolute Gasteiger partial charge is 0.0471 e. The molecule has 0 aliphatic heterocycles. The average Bonchev–Trinajstić information content (AvgIpc) is 1.91. The summed E-state index contributed by atoms with van der Waals surface area (Å²) in [5, 5.41) is 8.52. The van der Waals surface area contributed by atoms with E-state index >= 15 is 0 Å². The second kappa shape index (κ2) is 7.54. The quantitative estimate of drug-likeness (QED) is 0.713. The van der Waals surface area contributed by atoms with Gasteiger partial charge in [-0.3, -0.25) is 0 Å². The maximum absolute atomic E-state index is 8.52. The molecule has 2 nitrogen and oxygen atoms in total. The first kappa shape index (κ1) is 13.1. The lowest BCUT2D eigenvalue weighted by molar-refractivity contribution is 0.299. The molecule has 0 spiro atoms. The Morgan fingerprint density at radius 3 is 2.09 bits per heavy atom. The first-order valence-electron chi connectivity index (χ1n) is 3.08. The molecule has 0 unspecified atom stereocenters. The van der Waals surface area contributed by atoms with Gasteiger partial charge in [0.1, 0.15) is 0 Å². The van der Waals surface area contributed by atoms with Crippen molar-refractivity contribution in [2.45, 2.75) is 6.42 Å². The van der Waals surface area contributed by atoms with Crippen LogP contribution in [0.1, 0.15) is 5.56 Å². The normalized spacial score (nSPS) is 7.73. The van der Waals surface area contributed by atoms with Crippen molar-refractivity contribution in [1.29, 1.82) is 0 Å². The van der Waals surface area contributed by atoms with Crippen LogP contribution < -0.4 is 0 Å². The van der Waals surface area contributed by atoms with Crippen molar-refractivity contribution < 1.29 is 10.6 Å². The molecule has 1 rings (SSSR count). The lowest BCUT2D eigenvalue weighted by Crippen LogP contribution is -1.88. The molecule has 0 bridgehead atoms. The summed E-state index contributed by atoms with van der Waals surface area (Å²) in [6.45, 7) is 0.240. The Labute approximate surface area is 72.6 Å². The van der Waals surface area contributed by atoms with E-state index in [0.717, 1.165) is 6.42 Å². The summed E-state index contributed by atoms with van der Waals surface area (Å²) in [5.74, 6) is 0. The molecule has 0 fully saturated rings. The molecule has 1 aromatic carbocycles. The molecule has 0 saturated carbocycles. The maximum Gasteiger partial charge on any atom is 0.0471 e. The van der Waals surface area contributed by atoms with E-state index in [1.54, 1.807) is 0 Å². The highest BCUT2D eigenvalue weighted by molar-refractivity contribution is 5.85. The monoisotopic (exact) mass is 176 g/mol. The van der Waals surface area contributed by atoms with E-state index in [2.05, 4.69) is 0 Å². The Morgan fingerprint density at radius 2 is 1.64 bits per heavy atom. The predicted octanol–water partition coefficient (Wildman–Crippen LogP) is 0.819. The van der Waals surface area contributed by atoms with Gasteiger partial charge >= 0.3 is 0 Å². The highest BCUT2D eigenvalue weighted by Crippen LogP contribution is 1.97. The number of hydrogen-bond donors (Lipinski definition) is 1. The van der Waals surface area contributed by atoms with Gasteiger partial charge in [0.25, 0.3) is 0 Å². The summed E-state index contributed by atoms with van der Waals surface area (Å²) in [5.41, 5.74) is 1.19. The third-order valence-corrected chi connectivity index (χ3v) is 1.24. The van der Waals surface area contributed by atoms with E-state index in [9.17, 15) is 0 Å². The van der Waals surface area contributed by atoms with Crippen molar-refractivity contribution in [3.63, 3.8) is 0 Å². The largest absolute Gasteiger partial charge is 0.412 e. The molecule has 0 heterocycles. The van der Waals surface area contributed by atoms with Crippen LogP contribution in [0.3, 0.4) is 0 Å². The summed E-state index contributed by atoms with van der Waals surface area (Å²) in [4.78, 5) is 0. The molecule has 0 amide bonds. The summed E-state index contributed by atoms with van der Waals surface area (Å²) in [6, 6.07) is 9.95. The number of benzene rings is 1. The van der Waals surface area contributed by atoms with E-state index in [1.165, 1.54) is 5.56 Å². The van der Waals surface area contributed by atoms with Crippen molar-refractivity contribution in [3.8, 4) is 0 Å². The van der Waals surface area contributed by atoms with Crippen LogP contribution in [0.25, 0.3) is 0 Å². The van der Waals surface area contributed by atoms with Crippen LogP contribution in [-0.4, -0.2) is 17.2 Å². The molecule has 64 valence electrons. The third-order valence-electron chi connectivity index (χ3n) is 1.24. The van der Waals surface area contributed by atoms with Gasteiger partial charge in [0.05, 0.1) is 0 Å². The Kier molecular flexibility index (Phi) is 8.94. The van der Waals surface area contributed by atoms with E-state index in [0.29, 0.717) is 0 Å². The standard InChI is InChI=1S/C8H10O.ClH.H2O/c9-7-6-8-4-2-1-3-5-8;;/h1-5,9H,6-7H2;1H;1H2. The molecule has 3 N–H and O–H groups in total. The van der Waals surface area contributed by atoms with Gasteiger partial charge in [-0.1, -0.05) is 30.3 Å². The van der Waals surface area contributed by atoms with Crippen LogP contribution >= 0.6 is 12.4 Å². The SMILES string of the molecule is Cl.O.OCCc1ccccc1. The van der Waals surface area contributed by atoms with Crippen LogP contribution in [0.15, 0.2) is 30.3 Å². The fraction of sp³-hybridized carbons (Fsp3) is 0.250. The van der Waals surface area contributed by atoms with Gasteiger partial charge in [-0.15, -0.1) is 12.4 Å². The van der Waals surface area contributed by atoms with Gasteiger partial charge in [0, 0.05) is 6.61 Å². The van der Waals surface area contributed by atoms with Crippen molar-refractivity contribution in [1.82, 2.24) is 0 Å². The van der Waals surface area contributed by atoms with Crippen LogP contribution in [0, 0.1) is 0 Å². The molecule has 0 aromatic heterocycles. The van der Waals surface area contributed by atoms with Gasteiger partial charge in [0.2, 0.25) is 0 Å². The Bertz CT molecular complexity index is 165. The summed E-state index contributed by atoms with van der Waals surface area (Å²) >= 11 is 0. The minimum Gasteiger partial charge on any atom is -0.412 e. The van der Waals surface area contributed by atoms with Gasteiger partial charge in [-0.25, -0.2) is 0 Å². The molecule has 11 heavy (non-hydrogen) atoms. The zero-order chi connectivity index (χ0) is 6.53. The second-order valence-electron chi connectivity index (χ2n) is 1.96. The first-order chi connectivity index (χ1) is 4.43. The highest BCUT2D eigenvalue weighted by atomic mass is 35.5. The lowest BCUT2D eigenvalue weighted by Gasteiger charge is -1.93. The number of hydrogen-bond acceptors (Lipinski definition) is 1. The zero-order valence-electron chi connectivity index (χ0n) is 6.16. The fourth-order valence-electron chi connectivity index (χ4n) is 0.774. The van der Waals surface area contributed by atoms with E-state index in [1.807, 2.05) is 30.3 Å². The Hall–Kier alpha value is -0.570. The van der Waals surface area contributed by atoms with Gasteiger partial charge in [-0.05, 0) is 12.0 Å². The number of aliphatic hydroxyl groups is 1. The van der Waals surface area contributed by atoms with E-state index < -0.39 is 0 Å². The van der Waals surface area contributed by atoms with Crippen LogP contribution in [0.5, 0.6) is 0 Å². The highest BCUT2D eigenvalue weighted by Gasteiger charge is 1.85. The average molecular weight is 177 g/mol. The van der Waals surface area contributed by atoms with Gasteiger partial charge in [0.15, 0.2) is 0 Å². The Balaban J connectivity index is 0. The summed E-state index contributed by atoms with van der Waals surface area (Å²) in [6.07, 6.45) is 0.765. The van der Waals surface area contributed by atoms with Gasteiger partial charge < -0.3 is 10.6 Å². The molecule has 0 aliphatic carbocycles. The fourth-order valence-corrected chi connectivity index (χ4v) is 0.774. The minimum atomic E-state index is 0. The first-order valence-corrected chi connectivity index (χ1v) is 3.08. The number of rotatable bonds is 2. The van der Waals surface area contributed by atoms with Crippen molar-refractivity contribution >= 4 is 12.4 Å². The molecule has 1 aromatic rings. The van der Waals surface area contributed by atoms with E-state index in [-0.39, 0.29) is 24.5 Å². The molecule has 0 radical (unpaired) electrons. The topological polar surface area (TPSA) is 51.7 Å². The minimum absolute atomic E-state index is 0. The second-order valence-corrected chi connectivity index (χ2v) is 1.96. The van der Waals surface area contributed by atoms with Crippen molar-refractivity contribution in [2.24, 2.45) is 0 Å². The number of aliphatic hydroxyl groups excluding tert-OH is 1. The van der Waals surface area contributed by atoms with Crippen LogP contribution in [0.2, 0.25) is 0 Å². The van der Waals surface area contributed by atoms with Gasteiger partial charge in [-0.2, -0.15) is 0 Å². The summed E-state index contributed by atoms with van der Waals surface area (Å²) < 4.78 is 0. The van der Waals surface area contributed by atoms with Crippen molar-refractivity contribution in [3.05, 3.63) is 35.9 Å². The molecule has 0 aliphatic rings. The summed E-state index contributed by atoms with van der Waals surface area (Å²) in [7, 11) is 0. The molecule has 0 saturated heterocycles. The third kappa shape index (κ3) is 4.79. The molecule has 0 atom stereocenters. The molecular formula is C8H13ClO2. The maximum atomic E-state index is 8.52. The van der Waals surface area contributed by atoms with Crippen LogP contribution in [-0.2, 0) is 6.42 Å². The van der Waals surface area contributed by atoms with Crippen molar-refractivity contribution in [2.75, 3.05) is 6.61 Å². The Morgan fingerprint density at radius 1 is 1.09 bits per heavy atom. The zero-order valence-corrected chi connectivity index (χ0v) is 6.97. The number of halogens is 1. The lowest BCUT2D eigenvalue weighted by atomic mass is 10.2. The molecular weight excluding hydrogens is 164 g/mol. The molecule has 3 heteroatoms.